The quantitative estimate of drug-likeness (QED) is 0.671. The van der Waals surface area contributed by atoms with E-state index in [0.717, 1.165) is 26.1 Å². The molecule has 1 aliphatic heterocycles. The Hall–Kier alpha value is -0.280. The molecule has 1 aliphatic rings. The van der Waals surface area contributed by atoms with Gasteiger partial charge in [0, 0.05) is 32.5 Å². The van der Waals surface area contributed by atoms with Gasteiger partial charge in [-0.05, 0) is 18.8 Å². The maximum absolute atomic E-state index is 11.5. The Kier molecular flexibility index (Phi) is 5.26. The standard InChI is InChI=1S/C10H18ClNO2/c1-14-8-9-3-2-6-12(7-9)10(13)4-5-11/h9H,2-8H2,1H3/t9-/m0/s1. The number of amides is 1. The molecule has 1 rings (SSSR count). The van der Waals surface area contributed by atoms with Crippen LogP contribution in [-0.4, -0.2) is 43.5 Å². The van der Waals surface area contributed by atoms with Gasteiger partial charge in [0.2, 0.25) is 5.91 Å². The van der Waals surface area contributed by atoms with Crippen molar-refractivity contribution in [1.82, 2.24) is 4.90 Å². The third-order valence-corrected chi connectivity index (χ3v) is 2.77. The van der Waals surface area contributed by atoms with Gasteiger partial charge >= 0.3 is 0 Å². The first-order valence-corrected chi connectivity index (χ1v) is 5.64. The third-order valence-electron chi connectivity index (χ3n) is 2.58. The predicted molar refractivity (Wildman–Crippen MR) is 56.5 cm³/mol. The van der Waals surface area contributed by atoms with E-state index in [-0.39, 0.29) is 5.91 Å². The van der Waals surface area contributed by atoms with Crippen molar-refractivity contribution < 1.29 is 9.53 Å². The van der Waals surface area contributed by atoms with Crippen LogP contribution in [0.15, 0.2) is 0 Å². The van der Waals surface area contributed by atoms with Crippen LogP contribution in [0.1, 0.15) is 19.3 Å². The Morgan fingerprint density at radius 2 is 2.43 bits per heavy atom. The van der Waals surface area contributed by atoms with Crippen molar-refractivity contribution in [2.24, 2.45) is 5.92 Å². The zero-order chi connectivity index (χ0) is 10.4. The minimum absolute atomic E-state index is 0.181. The summed E-state index contributed by atoms with van der Waals surface area (Å²) >= 11 is 5.54. The van der Waals surface area contributed by atoms with E-state index in [2.05, 4.69) is 0 Å². The number of methoxy groups -OCH3 is 1. The molecule has 1 saturated heterocycles. The SMILES string of the molecule is COC[C@H]1CCCN(C(=O)CCCl)C1. The molecular formula is C10H18ClNO2. The highest BCUT2D eigenvalue weighted by molar-refractivity contribution is 6.18. The van der Waals surface area contributed by atoms with Crippen LogP contribution in [0.25, 0.3) is 0 Å². The highest BCUT2D eigenvalue weighted by Gasteiger charge is 2.22. The number of likely N-dealkylation sites (tertiary alicyclic amines) is 1. The molecule has 1 atom stereocenters. The number of carbonyl (C=O) groups is 1. The molecule has 0 radical (unpaired) electrons. The number of hydrogen-bond acceptors (Lipinski definition) is 2. The monoisotopic (exact) mass is 219 g/mol. The number of piperidine rings is 1. The van der Waals surface area contributed by atoms with E-state index in [1.807, 2.05) is 4.90 Å². The van der Waals surface area contributed by atoms with Crippen molar-refractivity contribution in [3.8, 4) is 0 Å². The average molecular weight is 220 g/mol. The molecule has 1 fully saturated rings. The predicted octanol–water partition coefficient (Wildman–Crippen LogP) is 1.50. The van der Waals surface area contributed by atoms with Crippen LogP contribution in [0.3, 0.4) is 0 Å². The van der Waals surface area contributed by atoms with Crippen LogP contribution in [0.4, 0.5) is 0 Å². The average Bonchev–Trinajstić information content (AvgIpc) is 2.19. The van der Waals surface area contributed by atoms with Crippen LogP contribution >= 0.6 is 11.6 Å². The first kappa shape index (κ1) is 11.8. The molecule has 1 heterocycles. The van der Waals surface area contributed by atoms with Crippen LogP contribution in [0.5, 0.6) is 0 Å². The maximum atomic E-state index is 11.5. The van der Waals surface area contributed by atoms with E-state index in [4.69, 9.17) is 16.3 Å². The van der Waals surface area contributed by atoms with Gasteiger partial charge in [-0.15, -0.1) is 11.6 Å². The molecule has 0 aromatic rings. The Balaban J connectivity index is 2.35. The van der Waals surface area contributed by atoms with Gasteiger partial charge in [0.25, 0.3) is 0 Å². The van der Waals surface area contributed by atoms with Gasteiger partial charge in [0.1, 0.15) is 0 Å². The summed E-state index contributed by atoms with van der Waals surface area (Å²) in [5.41, 5.74) is 0. The summed E-state index contributed by atoms with van der Waals surface area (Å²) in [6.45, 7) is 2.48. The number of rotatable bonds is 4. The Bertz CT molecular complexity index is 185. The molecule has 0 saturated carbocycles. The van der Waals surface area contributed by atoms with Crippen molar-refractivity contribution in [2.75, 3.05) is 32.7 Å². The van der Waals surface area contributed by atoms with Crippen molar-refractivity contribution in [2.45, 2.75) is 19.3 Å². The van der Waals surface area contributed by atoms with E-state index in [9.17, 15) is 4.79 Å². The van der Waals surface area contributed by atoms with E-state index in [1.54, 1.807) is 7.11 Å². The molecule has 0 aliphatic carbocycles. The first-order valence-electron chi connectivity index (χ1n) is 5.10. The molecule has 4 heteroatoms. The summed E-state index contributed by atoms with van der Waals surface area (Å²) in [7, 11) is 1.71. The van der Waals surface area contributed by atoms with E-state index < -0.39 is 0 Å². The molecule has 14 heavy (non-hydrogen) atoms. The topological polar surface area (TPSA) is 29.5 Å². The fourth-order valence-corrected chi connectivity index (χ4v) is 2.06. The van der Waals surface area contributed by atoms with Gasteiger partial charge in [-0.2, -0.15) is 0 Å². The lowest BCUT2D eigenvalue weighted by Gasteiger charge is -2.32. The fourth-order valence-electron chi connectivity index (χ4n) is 1.90. The molecule has 0 N–H and O–H groups in total. The second-order valence-electron chi connectivity index (χ2n) is 3.74. The highest BCUT2D eigenvalue weighted by atomic mass is 35.5. The van der Waals surface area contributed by atoms with Gasteiger partial charge in [-0.1, -0.05) is 0 Å². The number of alkyl halides is 1. The lowest BCUT2D eigenvalue weighted by molar-refractivity contribution is -0.132. The van der Waals surface area contributed by atoms with Gasteiger partial charge in [0.05, 0.1) is 6.61 Å². The van der Waals surface area contributed by atoms with Crippen LogP contribution in [0, 0.1) is 5.92 Å². The highest BCUT2D eigenvalue weighted by Crippen LogP contribution is 2.17. The second-order valence-corrected chi connectivity index (χ2v) is 4.12. The maximum Gasteiger partial charge on any atom is 0.223 e. The van der Waals surface area contributed by atoms with Gasteiger partial charge in [0.15, 0.2) is 0 Å². The molecule has 82 valence electrons. The lowest BCUT2D eigenvalue weighted by atomic mass is 9.99. The van der Waals surface area contributed by atoms with E-state index >= 15 is 0 Å². The van der Waals surface area contributed by atoms with Crippen molar-refractivity contribution in [1.29, 1.82) is 0 Å². The summed E-state index contributed by atoms with van der Waals surface area (Å²) in [4.78, 5) is 13.5. The minimum Gasteiger partial charge on any atom is -0.384 e. The number of halogens is 1. The molecule has 0 unspecified atom stereocenters. The number of carbonyl (C=O) groups excluding carboxylic acids is 1. The van der Waals surface area contributed by atoms with E-state index in [1.165, 1.54) is 6.42 Å². The first-order chi connectivity index (χ1) is 6.77. The third kappa shape index (κ3) is 3.46. The van der Waals surface area contributed by atoms with Crippen molar-refractivity contribution in [3.05, 3.63) is 0 Å². The molecule has 0 spiro atoms. The van der Waals surface area contributed by atoms with Gasteiger partial charge in [-0.3, -0.25) is 4.79 Å². The van der Waals surface area contributed by atoms with Crippen LogP contribution < -0.4 is 0 Å². The summed E-state index contributed by atoms with van der Waals surface area (Å²) in [6.07, 6.45) is 2.71. The normalized spacial score (nSPS) is 22.4. The Morgan fingerprint density at radius 3 is 3.07 bits per heavy atom. The van der Waals surface area contributed by atoms with Crippen molar-refractivity contribution >= 4 is 17.5 Å². The number of hydrogen-bond donors (Lipinski definition) is 0. The zero-order valence-electron chi connectivity index (χ0n) is 8.67. The molecule has 0 aromatic heterocycles. The molecule has 0 bridgehead atoms. The number of nitrogens with zero attached hydrogens (tertiary/aromatic N) is 1. The molecule has 0 aromatic carbocycles. The van der Waals surface area contributed by atoms with Crippen molar-refractivity contribution in [3.63, 3.8) is 0 Å². The Labute approximate surface area is 90.4 Å². The zero-order valence-corrected chi connectivity index (χ0v) is 9.42. The Morgan fingerprint density at radius 1 is 1.64 bits per heavy atom. The molecule has 1 amide bonds. The molecular weight excluding hydrogens is 202 g/mol. The van der Waals surface area contributed by atoms with Gasteiger partial charge < -0.3 is 9.64 Å². The minimum atomic E-state index is 0.181. The summed E-state index contributed by atoms with van der Waals surface area (Å²) in [5.74, 6) is 1.11. The number of ether oxygens (including phenoxy) is 1. The second kappa shape index (κ2) is 6.25. The van der Waals surface area contributed by atoms with Crippen LogP contribution in [0.2, 0.25) is 0 Å². The van der Waals surface area contributed by atoms with Gasteiger partial charge in [-0.25, -0.2) is 0 Å². The lowest BCUT2D eigenvalue weighted by Crippen LogP contribution is -2.41. The van der Waals surface area contributed by atoms with E-state index in [0.29, 0.717) is 18.2 Å². The summed E-state index contributed by atoms with van der Waals surface area (Å²) in [6, 6.07) is 0. The largest absolute Gasteiger partial charge is 0.384 e. The van der Waals surface area contributed by atoms with Crippen LogP contribution in [-0.2, 0) is 9.53 Å². The summed E-state index contributed by atoms with van der Waals surface area (Å²) in [5, 5.41) is 0. The summed E-state index contributed by atoms with van der Waals surface area (Å²) < 4.78 is 5.11. The molecule has 3 nitrogen and oxygen atoms in total. The smallest absolute Gasteiger partial charge is 0.223 e. The fraction of sp³-hybridized carbons (Fsp3) is 0.900.